The Labute approximate surface area is 171 Å². The Balaban J connectivity index is 1.60. The van der Waals surface area contributed by atoms with Crippen molar-refractivity contribution in [2.24, 2.45) is 0 Å². The zero-order valence-electron chi connectivity index (χ0n) is 16.6. The Morgan fingerprint density at radius 1 is 0.931 bits per heavy atom. The maximum Gasteiger partial charge on any atom is 0.338 e. The zero-order chi connectivity index (χ0) is 21.0. The maximum atomic E-state index is 12.5. The number of ether oxygens (including phenoxy) is 1. The molecule has 0 spiro atoms. The van der Waals surface area contributed by atoms with E-state index in [4.69, 9.17) is 4.74 Å². The SMILES string of the molecule is CC(C)c1ccc(C(=O)COC(=O)c2ccc(S(=O)(=O)N3CCCC3)cc2)cc1. The highest BCUT2D eigenvalue weighted by atomic mass is 32.2. The first kappa shape index (κ1) is 21.2. The van der Waals surface area contributed by atoms with Crippen LogP contribution < -0.4 is 0 Å². The number of sulfonamides is 1. The molecule has 0 aliphatic carbocycles. The van der Waals surface area contributed by atoms with Crippen molar-refractivity contribution in [2.45, 2.75) is 37.5 Å². The molecule has 1 saturated heterocycles. The third kappa shape index (κ3) is 4.92. The molecular formula is C22H25NO5S. The van der Waals surface area contributed by atoms with Gasteiger partial charge in [-0.1, -0.05) is 38.1 Å². The molecule has 0 atom stereocenters. The minimum atomic E-state index is -3.53. The molecule has 0 bridgehead atoms. The number of carbonyl (C=O) groups excluding carboxylic acids is 2. The second-order valence-corrected chi connectivity index (χ2v) is 9.35. The van der Waals surface area contributed by atoms with E-state index in [0.29, 0.717) is 24.6 Å². The highest BCUT2D eigenvalue weighted by molar-refractivity contribution is 7.89. The van der Waals surface area contributed by atoms with E-state index in [1.807, 2.05) is 12.1 Å². The number of ketones is 1. The van der Waals surface area contributed by atoms with E-state index in [1.54, 1.807) is 12.1 Å². The third-order valence-corrected chi connectivity index (χ3v) is 6.94. The lowest BCUT2D eigenvalue weighted by Gasteiger charge is -2.15. The van der Waals surface area contributed by atoms with E-state index in [1.165, 1.54) is 28.6 Å². The predicted octanol–water partition coefficient (Wildman–Crippen LogP) is 3.63. The average Bonchev–Trinajstić information content (AvgIpc) is 3.27. The van der Waals surface area contributed by atoms with Gasteiger partial charge in [-0.15, -0.1) is 0 Å². The number of Topliss-reactive ketones (excluding diaryl/α,β-unsaturated/α-hetero) is 1. The average molecular weight is 416 g/mol. The second-order valence-electron chi connectivity index (χ2n) is 7.41. The molecule has 6 nitrogen and oxygen atoms in total. The molecule has 154 valence electrons. The van der Waals surface area contributed by atoms with Gasteiger partial charge in [0.25, 0.3) is 0 Å². The van der Waals surface area contributed by atoms with Crippen molar-refractivity contribution in [3.8, 4) is 0 Å². The van der Waals surface area contributed by atoms with Gasteiger partial charge < -0.3 is 4.74 Å². The van der Waals surface area contributed by atoms with E-state index >= 15 is 0 Å². The molecule has 0 unspecified atom stereocenters. The molecule has 0 N–H and O–H groups in total. The van der Waals surface area contributed by atoms with E-state index in [9.17, 15) is 18.0 Å². The summed E-state index contributed by atoms with van der Waals surface area (Å²) in [6.45, 7) is 4.81. The summed E-state index contributed by atoms with van der Waals surface area (Å²) in [4.78, 5) is 24.6. The Kier molecular flexibility index (Phi) is 6.49. The van der Waals surface area contributed by atoms with Crippen molar-refractivity contribution in [3.05, 3.63) is 65.2 Å². The van der Waals surface area contributed by atoms with Crippen LogP contribution in [-0.4, -0.2) is 44.2 Å². The molecule has 1 heterocycles. The molecule has 0 amide bonds. The molecule has 2 aromatic carbocycles. The predicted molar refractivity (Wildman–Crippen MR) is 110 cm³/mol. The molecule has 29 heavy (non-hydrogen) atoms. The number of hydrogen-bond acceptors (Lipinski definition) is 5. The Morgan fingerprint density at radius 3 is 2.03 bits per heavy atom. The quantitative estimate of drug-likeness (QED) is 0.509. The van der Waals surface area contributed by atoms with E-state index in [0.717, 1.165) is 18.4 Å². The summed E-state index contributed by atoms with van der Waals surface area (Å²) in [6.07, 6.45) is 1.72. The summed E-state index contributed by atoms with van der Waals surface area (Å²) in [5, 5.41) is 0. The topological polar surface area (TPSA) is 80.8 Å². The first-order valence-electron chi connectivity index (χ1n) is 9.69. The lowest BCUT2D eigenvalue weighted by molar-refractivity contribution is 0.0474. The van der Waals surface area contributed by atoms with Gasteiger partial charge in [0.05, 0.1) is 10.5 Å². The minimum absolute atomic E-state index is 0.150. The fourth-order valence-electron chi connectivity index (χ4n) is 3.19. The first-order valence-corrected chi connectivity index (χ1v) is 11.1. The van der Waals surface area contributed by atoms with Crippen molar-refractivity contribution >= 4 is 21.8 Å². The summed E-state index contributed by atoms with van der Waals surface area (Å²) in [5.41, 5.74) is 1.81. The molecule has 7 heteroatoms. The van der Waals surface area contributed by atoms with Crippen LogP contribution in [0.4, 0.5) is 0 Å². The van der Waals surface area contributed by atoms with Gasteiger partial charge in [-0.3, -0.25) is 4.79 Å². The van der Waals surface area contributed by atoms with Gasteiger partial charge in [0.2, 0.25) is 10.0 Å². The van der Waals surface area contributed by atoms with Crippen LogP contribution in [0, 0.1) is 0 Å². The lowest BCUT2D eigenvalue weighted by atomic mass is 10.0. The van der Waals surface area contributed by atoms with Gasteiger partial charge in [0.15, 0.2) is 12.4 Å². The van der Waals surface area contributed by atoms with Crippen molar-refractivity contribution in [1.29, 1.82) is 0 Å². The molecule has 1 aliphatic heterocycles. The number of benzene rings is 2. The van der Waals surface area contributed by atoms with Crippen LogP contribution in [0.3, 0.4) is 0 Å². The largest absolute Gasteiger partial charge is 0.454 e. The molecule has 0 aromatic heterocycles. The maximum absolute atomic E-state index is 12.5. The van der Waals surface area contributed by atoms with E-state index < -0.39 is 16.0 Å². The fourth-order valence-corrected chi connectivity index (χ4v) is 4.71. The van der Waals surface area contributed by atoms with Gasteiger partial charge >= 0.3 is 5.97 Å². The number of carbonyl (C=O) groups is 2. The Morgan fingerprint density at radius 2 is 1.48 bits per heavy atom. The van der Waals surface area contributed by atoms with Crippen LogP contribution in [0.2, 0.25) is 0 Å². The standard InChI is InChI=1S/C22H25NO5S/c1-16(2)17-5-7-18(8-6-17)21(24)15-28-22(25)19-9-11-20(12-10-19)29(26,27)23-13-3-4-14-23/h5-12,16H,3-4,13-15H2,1-2H3. The zero-order valence-corrected chi connectivity index (χ0v) is 17.4. The molecule has 0 radical (unpaired) electrons. The van der Waals surface area contributed by atoms with Crippen LogP contribution in [-0.2, 0) is 14.8 Å². The molecular weight excluding hydrogens is 390 g/mol. The Bertz CT molecular complexity index is 973. The van der Waals surface area contributed by atoms with Crippen molar-refractivity contribution in [2.75, 3.05) is 19.7 Å². The van der Waals surface area contributed by atoms with Crippen LogP contribution in [0.1, 0.15) is 58.9 Å². The molecule has 1 aliphatic rings. The molecule has 0 saturated carbocycles. The van der Waals surface area contributed by atoms with Gasteiger partial charge in [0, 0.05) is 18.7 Å². The number of nitrogens with zero attached hydrogens (tertiary/aromatic N) is 1. The van der Waals surface area contributed by atoms with Crippen LogP contribution in [0.5, 0.6) is 0 Å². The summed E-state index contributed by atoms with van der Waals surface area (Å²) >= 11 is 0. The third-order valence-electron chi connectivity index (χ3n) is 5.03. The van der Waals surface area contributed by atoms with E-state index in [-0.39, 0.29) is 22.8 Å². The van der Waals surface area contributed by atoms with Crippen molar-refractivity contribution in [3.63, 3.8) is 0 Å². The molecule has 2 aromatic rings. The fraction of sp³-hybridized carbons (Fsp3) is 0.364. The monoisotopic (exact) mass is 415 g/mol. The van der Waals surface area contributed by atoms with Gasteiger partial charge in [-0.2, -0.15) is 4.31 Å². The Hall–Kier alpha value is -2.51. The highest BCUT2D eigenvalue weighted by Crippen LogP contribution is 2.21. The van der Waals surface area contributed by atoms with Crippen LogP contribution in [0.15, 0.2) is 53.4 Å². The van der Waals surface area contributed by atoms with Gasteiger partial charge in [-0.05, 0) is 48.6 Å². The summed E-state index contributed by atoms with van der Waals surface area (Å²) in [5.74, 6) is -0.585. The van der Waals surface area contributed by atoms with Crippen LogP contribution in [0.25, 0.3) is 0 Å². The minimum Gasteiger partial charge on any atom is -0.454 e. The summed E-state index contributed by atoms with van der Waals surface area (Å²) < 4.78 is 31.6. The van der Waals surface area contributed by atoms with E-state index in [2.05, 4.69) is 13.8 Å². The van der Waals surface area contributed by atoms with Gasteiger partial charge in [-0.25, -0.2) is 13.2 Å². The van der Waals surface area contributed by atoms with Gasteiger partial charge in [0.1, 0.15) is 0 Å². The molecule has 3 rings (SSSR count). The molecule has 1 fully saturated rings. The van der Waals surface area contributed by atoms with Crippen molar-refractivity contribution in [1.82, 2.24) is 4.31 Å². The number of hydrogen-bond donors (Lipinski definition) is 0. The smallest absolute Gasteiger partial charge is 0.338 e. The normalized spacial score (nSPS) is 14.9. The summed E-state index contributed by atoms with van der Waals surface area (Å²) in [6, 6.07) is 12.8. The lowest BCUT2D eigenvalue weighted by Crippen LogP contribution is -2.27. The first-order chi connectivity index (χ1) is 13.8. The number of esters is 1. The summed E-state index contributed by atoms with van der Waals surface area (Å²) in [7, 11) is -3.53. The van der Waals surface area contributed by atoms with Crippen molar-refractivity contribution < 1.29 is 22.7 Å². The van der Waals surface area contributed by atoms with Crippen LogP contribution >= 0.6 is 0 Å². The second kappa shape index (κ2) is 8.88. The number of rotatable bonds is 7. The highest BCUT2D eigenvalue weighted by Gasteiger charge is 2.27.